The first-order valence-corrected chi connectivity index (χ1v) is 11.8. The maximum absolute atomic E-state index is 15.3. The van der Waals surface area contributed by atoms with E-state index < -0.39 is 6.17 Å². The monoisotopic (exact) mass is 455 g/mol. The Hall–Kier alpha value is -2.58. The van der Waals surface area contributed by atoms with Gasteiger partial charge in [-0.05, 0) is 55.5 Å². The van der Waals surface area contributed by atoms with Crippen LogP contribution in [-0.4, -0.2) is 59.3 Å². The second-order valence-corrected chi connectivity index (χ2v) is 9.22. The Kier molecular flexibility index (Phi) is 6.05. The molecular weight excluding hydrogens is 424 g/mol. The van der Waals surface area contributed by atoms with Gasteiger partial charge in [0, 0.05) is 49.4 Å². The van der Waals surface area contributed by atoms with Crippen LogP contribution in [-0.2, 0) is 18.2 Å². The van der Waals surface area contributed by atoms with Crippen LogP contribution in [0.1, 0.15) is 30.9 Å². The number of benzene rings is 1. The van der Waals surface area contributed by atoms with E-state index in [1.54, 1.807) is 10.7 Å². The van der Waals surface area contributed by atoms with E-state index in [2.05, 4.69) is 10.4 Å². The molecule has 0 unspecified atom stereocenters. The third kappa shape index (κ3) is 4.22. The molecule has 1 N–H and O–H groups in total. The molecular formula is C25H31F2N5O. The van der Waals surface area contributed by atoms with Crippen molar-refractivity contribution >= 4 is 16.7 Å². The Balaban J connectivity index is 1.55. The predicted molar refractivity (Wildman–Crippen MR) is 126 cm³/mol. The number of pyridine rings is 1. The van der Waals surface area contributed by atoms with Gasteiger partial charge in [0.2, 0.25) is 0 Å². The summed E-state index contributed by atoms with van der Waals surface area (Å²) in [6.45, 7) is 6.20. The average molecular weight is 456 g/mol. The number of fused-ring (bicyclic) bond motifs is 1. The Labute approximate surface area is 192 Å². The van der Waals surface area contributed by atoms with Crippen molar-refractivity contribution < 1.29 is 13.5 Å². The van der Waals surface area contributed by atoms with Crippen LogP contribution in [0.4, 0.5) is 14.6 Å². The zero-order chi connectivity index (χ0) is 23.1. The van der Waals surface area contributed by atoms with Crippen LogP contribution in [0, 0.1) is 12.7 Å². The zero-order valence-corrected chi connectivity index (χ0v) is 19.4. The summed E-state index contributed by atoms with van der Waals surface area (Å²) in [4.78, 5) is 6.73. The summed E-state index contributed by atoms with van der Waals surface area (Å²) >= 11 is 0. The van der Waals surface area contributed by atoms with Crippen molar-refractivity contribution in [1.29, 1.82) is 0 Å². The molecule has 3 atom stereocenters. The second kappa shape index (κ2) is 8.99. The molecule has 6 nitrogen and oxygen atoms in total. The molecule has 0 saturated carbocycles. The molecule has 0 spiro atoms. The Morgan fingerprint density at radius 1 is 1.27 bits per heavy atom. The number of hydrogen-bond donors (Lipinski definition) is 1. The highest BCUT2D eigenvalue weighted by molar-refractivity contribution is 5.94. The lowest BCUT2D eigenvalue weighted by atomic mass is 9.96. The number of rotatable bonds is 5. The largest absolute Gasteiger partial charge is 0.380 e. The smallest absolute Gasteiger partial charge is 0.149 e. The number of aryl methyl sites for hydroxylation is 3. The first kappa shape index (κ1) is 22.2. The van der Waals surface area contributed by atoms with Gasteiger partial charge in [0.15, 0.2) is 0 Å². The van der Waals surface area contributed by atoms with Gasteiger partial charge >= 0.3 is 0 Å². The van der Waals surface area contributed by atoms with E-state index >= 15 is 8.78 Å². The summed E-state index contributed by atoms with van der Waals surface area (Å²) in [5.41, 5.74) is 3.79. The van der Waals surface area contributed by atoms with Crippen molar-refractivity contribution in [1.82, 2.24) is 20.1 Å². The van der Waals surface area contributed by atoms with Crippen LogP contribution in [0.25, 0.3) is 22.2 Å². The lowest BCUT2D eigenvalue weighted by Gasteiger charge is -2.38. The molecule has 0 radical (unpaired) electrons. The molecule has 1 aromatic carbocycles. The fourth-order valence-electron chi connectivity index (χ4n) is 5.06. The minimum atomic E-state index is -1.05. The third-order valence-electron chi connectivity index (χ3n) is 6.94. The molecule has 0 aliphatic carbocycles. The van der Waals surface area contributed by atoms with Gasteiger partial charge in [0.25, 0.3) is 0 Å². The standard InChI is InChI=1S/C25H31F2N5O/c1-4-16-11-18-15(2)23(22-5-8-31(3)30-22)25(29-24(18)19(26)12-16)32-9-6-21(20(27)13-32)28-17-7-10-33-14-17/h5,8,11-12,17,20-21,28H,4,6-7,9-10,13-14H2,1-3H3/t17-,20+,21+/m1/s1. The number of alkyl halides is 1. The number of anilines is 1. The van der Waals surface area contributed by atoms with Crippen LogP contribution in [0.3, 0.4) is 0 Å². The normalized spacial score (nSPS) is 23.5. The van der Waals surface area contributed by atoms with E-state index in [0.29, 0.717) is 30.9 Å². The highest BCUT2D eigenvalue weighted by Crippen LogP contribution is 2.38. The van der Waals surface area contributed by atoms with Crippen LogP contribution < -0.4 is 10.2 Å². The van der Waals surface area contributed by atoms with Crippen molar-refractivity contribution in [2.45, 2.75) is 51.4 Å². The summed E-state index contributed by atoms with van der Waals surface area (Å²) in [6.07, 6.45) is 3.13. The maximum atomic E-state index is 15.3. The van der Waals surface area contributed by atoms with E-state index in [9.17, 15) is 0 Å². The van der Waals surface area contributed by atoms with Crippen molar-refractivity contribution in [2.75, 3.05) is 31.2 Å². The quantitative estimate of drug-likeness (QED) is 0.632. The molecule has 3 aromatic rings. The molecule has 0 bridgehead atoms. The van der Waals surface area contributed by atoms with Crippen molar-refractivity contribution in [3.63, 3.8) is 0 Å². The highest BCUT2D eigenvalue weighted by Gasteiger charge is 2.34. The lowest BCUT2D eigenvalue weighted by Crippen LogP contribution is -2.54. The molecule has 5 rings (SSSR count). The average Bonchev–Trinajstić information content (AvgIpc) is 3.47. The van der Waals surface area contributed by atoms with Gasteiger partial charge in [0.1, 0.15) is 23.3 Å². The minimum absolute atomic E-state index is 0.206. The third-order valence-corrected chi connectivity index (χ3v) is 6.94. The molecule has 0 amide bonds. The van der Waals surface area contributed by atoms with Crippen molar-refractivity contribution in [3.8, 4) is 11.3 Å². The number of nitrogens with zero attached hydrogens (tertiary/aromatic N) is 4. The Morgan fingerprint density at radius 3 is 2.79 bits per heavy atom. The highest BCUT2D eigenvalue weighted by atomic mass is 19.1. The van der Waals surface area contributed by atoms with E-state index in [-0.39, 0.29) is 24.4 Å². The molecule has 2 aromatic heterocycles. The van der Waals surface area contributed by atoms with Crippen LogP contribution in [0.5, 0.6) is 0 Å². The van der Waals surface area contributed by atoms with Gasteiger partial charge in [-0.3, -0.25) is 4.68 Å². The molecule has 2 aliphatic heterocycles. The van der Waals surface area contributed by atoms with Crippen LogP contribution in [0.2, 0.25) is 0 Å². The molecule has 8 heteroatoms. The van der Waals surface area contributed by atoms with Crippen molar-refractivity contribution in [3.05, 3.63) is 41.3 Å². The Bertz CT molecular complexity index is 1160. The van der Waals surface area contributed by atoms with Gasteiger partial charge in [-0.1, -0.05) is 6.92 Å². The van der Waals surface area contributed by atoms with E-state index in [0.717, 1.165) is 47.2 Å². The minimum Gasteiger partial charge on any atom is -0.380 e. The van der Waals surface area contributed by atoms with Gasteiger partial charge in [0.05, 0.1) is 18.8 Å². The van der Waals surface area contributed by atoms with Gasteiger partial charge in [-0.25, -0.2) is 13.8 Å². The van der Waals surface area contributed by atoms with Crippen LogP contribution >= 0.6 is 0 Å². The number of halogens is 2. The first-order valence-electron chi connectivity index (χ1n) is 11.8. The van der Waals surface area contributed by atoms with E-state index in [1.807, 2.05) is 44.1 Å². The molecule has 33 heavy (non-hydrogen) atoms. The molecule has 2 aliphatic rings. The second-order valence-electron chi connectivity index (χ2n) is 9.22. The number of ether oxygens (including phenoxy) is 1. The summed E-state index contributed by atoms with van der Waals surface area (Å²) in [6, 6.07) is 5.50. The maximum Gasteiger partial charge on any atom is 0.149 e. The fourth-order valence-corrected chi connectivity index (χ4v) is 5.06. The van der Waals surface area contributed by atoms with E-state index in [1.165, 1.54) is 0 Å². The molecule has 2 fully saturated rings. The number of piperidine rings is 1. The van der Waals surface area contributed by atoms with E-state index in [4.69, 9.17) is 9.72 Å². The van der Waals surface area contributed by atoms with Gasteiger partial charge in [-0.15, -0.1) is 0 Å². The first-order chi connectivity index (χ1) is 15.9. The number of hydrogen-bond acceptors (Lipinski definition) is 5. The Morgan fingerprint density at radius 2 is 2.12 bits per heavy atom. The number of nitrogens with one attached hydrogen (secondary N) is 1. The van der Waals surface area contributed by atoms with Gasteiger partial charge < -0.3 is 15.0 Å². The zero-order valence-electron chi connectivity index (χ0n) is 19.4. The van der Waals surface area contributed by atoms with Gasteiger partial charge in [-0.2, -0.15) is 5.10 Å². The van der Waals surface area contributed by atoms with Crippen molar-refractivity contribution in [2.24, 2.45) is 7.05 Å². The topological polar surface area (TPSA) is 55.2 Å². The SMILES string of the molecule is CCc1cc(F)c2nc(N3CC[C@H](N[C@@H]4CCOC4)[C@@H](F)C3)c(-c3ccn(C)n3)c(C)c2c1. The molecule has 4 heterocycles. The summed E-state index contributed by atoms with van der Waals surface area (Å²) in [5.74, 6) is 0.267. The fraction of sp³-hybridized carbons (Fsp3) is 0.520. The molecule has 176 valence electrons. The molecule has 2 saturated heterocycles. The summed E-state index contributed by atoms with van der Waals surface area (Å²) < 4.78 is 37.5. The summed E-state index contributed by atoms with van der Waals surface area (Å²) in [7, 11) is 1.86. The van der Waals surface area contributed by atoms with Crippen LogP contribution in [0.15, 0.2) is 24.4 Å². The predicted octanol–water partition coefficient (Wildman–Crippen LogP) is 3.94. The summed E-state index contributed by atoms with van der Waals surface area (Å²) in [5, 5.41) is 8.82. The lowest BCUT2D eigenvalue weighted by molar-refractivity contribution is 0.172. The number of aromatic nitrogens is 3.